The molecular formula is C24H47NO8. The molecule has 0 spiro atoms. The maximum absolute atomic E-state index is 10.6. The third kappa shape index (κ3) is 9.51. The summed E-state index contributed by atoms with van der Waals surface area (Å²) in [5.74, 6) is -2.77. The van der Waals surface area contributed by atoms with Crippen LogP contribution >= 0.6 is 0 Å². The summed E-state index contributed by atoms with van der Waals surface area (Å²) < 4.78 is 5.05. The molecule has 1 heterocycles. The van der Waals surface area contributed by atoms with Gasteiger partial charge in [-0.05, 0) is 12.8 Å². The molecule has 9 N–H and O–H groups in total. The van der Waals surface area contributed by atoms with Gasteiger partial charge < -0.3 is 46.2 Å². The fourth-order valence-corrected chi connectivity index (χ4v) is 4.18. The summed E-state index contributed by atoms with van der Waals surface area (Å²) in [7, 11) is 0. The zero-order chi connectivity index (χ0) is 24.9. The minimum Gasteiger partial charge on any atom is -0.394 e. The molecule has 0 amide bonds. The number of nitrogens with two attached hydrogens (primary N) is 1. The maximum Gasteiger partial charge on any atom is 0.223 e. The van der Waals surface area contributed by atoms with E-state index < -0.39 is 55.1 Å². The van der Waals surface area contributed by atoms with Crippen LogP contribution in [0.3, 0.4) is 0 Å². The molecule has 1 aliphatic rings. The highest BCUT2D eigenvalue weighted by Gasteiger charge is 2.58. The SMILES string of the molecule is CCCCCCCCCCCCC/C=C/[C@@H](O)[C@@H](N)C(O)C1(O)OC(CO)C(O)C(O)C1O. The molecule has 0 aliphatic carbocycles. The lowest BCUT2D eigenvalue weighted by atomic mass is 9.85. The van der Waals surface area contributed by atoms with Crippen LogP contribution in [0, 0.1) is 0 Å². The molecule has 0 saturated carbocycles. The van der Waals surface area contributed by atoms with E-state index >= 15 is 0 Å². The number of aliphatic hydroxyl groups excluding tert-OH is 6. The molecule has 8 atom stereocenters. The van der Waals surface area contributed by atoms with Crippen molar-refractivity contribution in [1.29, 1.82) is 0 Å². The average molecular weight is 478 g/mol. The van der Waals surface area contributed by atoms with E-state index in [1.807, 2.05) is 0 Å². The Morgan fingerprint density at radius 3 is 1.91 bits per heavy atom. The number of aliphatic hydroxyl groups is 7. The first-order valence-electron chi connectivity index (χ1n) is 12.5. The molecule has 0 radical (unpaired) electrons. The molecule has 0 aromatic carbocycles. The number of hydrogen-bond acceptors (Lipinski definition) is 9. The summed E-state index contributed by atoms with van der Waals surface area (Å²) in [4.78, 5) is 0. The zero-order valence-corrected chi connectivity index (χ0v) is 20.0. The molecular weight excluding hydrogens is 430 g/mol. The minimum atomic E-state index is -2.77. The summed E-state index contributed by atoms with van der Waals surface area (Å²) in [6, 6.07) is -1.44. The Balaban J connectivity index is 2.32. The Hall–Kier alpha value is -0.620. The van der Waals surface area contributed by atoms with Gasteiger partial charge >= 0.3 is 0 Å². The van der Waals surface area contributed by atoms with Gasteiger partial charge in [0.1, 0.15) is 30.5 Å². The molecule has 6 unspecified atom stereocenters. The summed E-state index contributed by atoms with van der Waals surface area (Å²) in [5, 5.41) is 70.3. The third-order valence-electron chi connectivity index (χ3n) is 6.49. The van der Waals surface area contributed by atoms with E-state index in [0.29, 0.717) is 0 Å². The first kappa shape index (κ1) is 30.4. The van der Waals surface area contributed by atoms with Crippen LogP contribution in [0.25, 0.3) is 0 Å². The van der Waals surface area contributed by atoms with Gasteiger partial charge in [-0.1, -0.05) is 83.3 Å². The molecule has 9 heteroatoms. The smallest absolute Gasteiger partial charge is 0.223 e. The highest BCUT2D eigenvalue weighted by Crippen LogP contribution is 2.32. The van der Waals surface area contributed by atoms with Crippen molar-refractivity contribution in [1.82, 2.24) is 0 Å². The van der Waals surface area contributed by atoms with Crippen LogP contribution < -0.4 is 5.73 Å². The normalized spacial score (nSPS) is 31.1. The number of ether oxygens (including phenoxy) is 1. The fraction of sp³-hybridized carbons (Fsp3) is 0.917. The van der Waals surface area contributed by atoms with Crippen LogP contribution in [0.2, 0.25) is 0 Å². The second-order valence-electron chi connectivity index (χ2n) is 9.28. The van der Waals surface area contributed by atoms with Crippen LogP contribution in [0.4, 0.5) is 0 Å². The van der Waals surface area contributed by atoms with E-state index in [1.165, 1.54) is 63.9 Å². The molecule has 0 aromatic heterocycles. The molecule has 1 rings (SSSR count). The second kappa shape index (κ2) is 16.1. The summed E-state index contributed by atoms with van der Waals surface area (Å²) in [6.45, 7) is 1.46. The van der Waals surface area contributed by atoms with Gasteiger partial charge in [0, 0.05) is 0 Å². The van der Waals surface area contributed by atoms with Gasteiger partial charge in [0.25, 0.3) is 0 Å². The van der Waals surface area contributed by atoms with Gasteiger partial charge in [-0.15, -0.1) is 0 Å². The maximum atomic E-state index is 10.6. The molecule has 1 fully saturated rings. The van der Waals surface area contributed by atoms with E-state index in [0.717, 1.165) is 19.3 Å². The van der Waals surface area contributed by atoms with E-state index in [4.69, 9.17) is 10.5 Å². The standard InChI is InChI=1S/C24H47NO8/c1-2-3-4-5-6-7-8-9-10-11-12-13-14-15-17(27)19(25)22(30)24(32)23(31)21(29)20(28)18(16-26)33-24/h14-15,17-23,26-32H,2-13,16,25H2,1H3/b15-14+/t17-,18?,19-,20?,21?,22?,23?,24?/m1/s1. The highest BCUT2D eigenvalue weighted by molar-refractivity contribution is 5.05. The Morgan fingerprint density at radius 1 is 0.879 bits per heavy atom. The zero-order valence-electron chi connectivity index (χ0n) is 20.0. The van der Waals surface area contributed by atoms with Crippen LogP contribution in [-0.4, -0.2) is 90.8 Å². The molecule has 9 nitrogen and oxygen atoms in total. The van der Waals surface area contributed by atoms with E-state index in [1.54, 1.807) is 6.08 Å². The average Bonchev–Trinajstić information content (AvgIpc) is 2.81. The lowest BCUT2D eigenvalue weighted by molar-refractivity contribution is -0.378. The van der Waals surface area contributed by atoms with Crippen LogP contribution in [-0.2, 0) is 4.74 Å². The predicted molar refractivity (Wildman–Crippen MR) is 125 cm³/mol. The topological polar surface area (TPSA) is 177 Å². The number of allylic oxidation sites excluding steroid dienone is 1. The van der Waals surface area contributed by atoms with Crippen molar-refractivity contribution < 1.29 is 40.5 Å². The van der Waals surface area contributed by atoms with Gasteiger partial charge in [-0.25, -0.2) is 0 Å². The van der Waals surface area contributed by atoms with Crippen molar-refractivity contribution in [3.05, 3.63) is 12.2 Å². The fourth-order valence-electron chi connectivity index (χ4n) is 4.18. The molecule has 0 aromatic rings. The van der Waals surface area contributed by atoms with E-state index in [-0.39, 0.29) is 0 Å². The monoisotopic (exact) mass is 477 g/mol. The largest absolute Gasteiger partial charge is 0.394 e. The van der Waals surface area contributed by atoms with Gasteiger partial charge in [0.2, 0.25) is 5.79 Å². The van der Waals surface area contributed by atoms with E-state index in [2.05, 4.69) is 6.92 Å². The van der Waals surface area contributed by atoms with Crippen molar-refractivity contribution in [3.8, 4) is 0 Å². The molecule has 0 bridgehead atoms. The Labute approximate surface area is 197 Å². The summed E-state index contributed by atoms with van der Waals surface area (Å²) in [5.41, 5.74) is 5.84. The van der Waals surface area contributed by atoms with Crippen molar-refractivity contribution in [2.75, 3.05) is 6.61 Å². The Morgan fingerprint density at radius 2 is 1.39 bits per heavy atom. The van der Waals surface area contributed by atoms with Crippen LogP contribution in [0.1, 0.15) is 84.0 Å². The second-order valence-corrected chi connectivity index (χ2v) is 9.28. The van der Waals surface area contributed by atoms with Crippen LogP contribution in [0.5, 0.6) is 0 Å². The summed E-state index contributed by atoms with van der Waals surface area (Å²) in [6.07, 6.45) is 7.13. The van der Waals surface area contributed by atoms with Crippen molar-refractivity contribution in [2.45, 2.75) is 132 Å². The predicted octanol–water partition coefficient (Wildman–Crippen LogP) is 0.455. The lowest BCUT2D eigenvalue weighted by Gasteiger charge is -2.48. The first-order valence-corrected chi connectivity index (χ1v) is 12.5. The molecule has 33 heavy (non-hydrogen) atoms. The van der Waals surface area contributed by atoms with Gasteiger partial charge in [-0.3, -0.25) is 0 Å². The lowest BCUT2D eigenvalue weighted by Crippen LogP contribution is -2.72. The highest BCUT2D eigenvalue weighted by atomic mass is 16.7. The Kier molecular flexibility index (Phi) is 14.9. The molecule has 1 aliphatic heterocycles. The summed E-state index contributed by atoms with van der Waals surface area (Å²) >= 11 is 0. The van der Waals surface area contributed by atoms with Gasteiger partial charge in [0.05, 0.1) is 18.8 Å². The van der Waals surface area contributed by atoms with Crippen molar-refractivity contribution in [3.63, 3.8) is 0 Å². The van der Waals surface area contributed by atoms with Gasteiger partial charge in [-0.2, -0.15) is 0 Å². The molecule has 196 valence electrons. The van der Waals surface area contributed by atoms with E-state index in [9.17, 15) is 35.7 Å². The third-order valence-corrected chi connectivity index (χ3v) is 6.49. The minimum absolute atomic E-state index is 0.734. The van der Waals surface area contributed by atoms with Crippen molar-refractivity contribution >= 4 is 0 Å². The number of hydrogen-bond donors (Lipinski definition) is 8. The van der Waals surface area contributed by atoms with Crippen LogP contribution in [0.15, 0.2) is 12.2 Å². The number of rotatable bonds is 17. The quantitative estimate of drug-likeness (QED) is 0.109. The Bertz CT molecular complexity index is 535. The molecule has 1 saturated heterocycles. The number of unbranched alkanes of at least 4 members (excludes halogenated alkanes) is 11. The first-order chi connectivity index (χ1) is 15.7. The van der Waals surface area contributed by atoms with Gasteiger partial charge in [0.15, 0.2) is 0 Å². The van der Waals surface area contributed by atoms with Crippen molar-refractivity contribution in [2.24, 2.45) is 5.73 Å².